The van der Waals surface area contributed by atoms with Gasteiger partial charge < -0.3 is 13.9 Å². The van der Waals surface area contributed by atoms with Gasteiger partial charge in [0.2, 0.25) is 4.96 Å². The van der Waals surface area contributed by atoms with E-state index in [1.807, 2.05) is 13.8 Å². The zero-order valence-electron chi connectivity index (χ0n) is 16.2. The summed E-state index contributed by atoms with van der Waals surface area (Å²) in [5.41, 5.74) is 0.720. The predicted octanol–water partition coefficient (Wildman–Crippen LogP) is 2.25. The van der Waals surface area contributed by atoms with E-state index in [0.717, 1.165) is 16.0 Å². The molecule has 1 aromatic carbocycles. The van der Waals surface area contributed by atoms with Gasteiger partial charge in [-0.05, 0) is 31.0 Å². The summed E-state index contributed by atoms with van der Waals surface area (Å²) in [5, 5.41) is 5.75. The van der Waals surface area contributed by atoms with E-state index < -0.39 is 11.6 Å². The summed E-state index contributed by atoms with van der Waals surface area (Å²) in [5.74, 6) is -0.260. The van der Waals surface area contributed by atoms with Crippen LogP contribution in [0.5, 0.6) is 5.75 Å². The molecule has 10 heteroatoms. The van der Waals surface area contributed by atoms with E-state index in [0.29, 0.717) is 28.4 Å². The minimum Gasteiger partial charge on any atom is -0.482 e. The van der Waals surface area contributed by atoms with Gasteiger partial charge in [-0.25, -0.2) is 14.6 Å². The molecule has 0 aliphatic carbocycles. The largest absolute Gasteiger partial charge is 0.482 e. The Hall–Kier alpha value is -3.53. The molecule has 4 rings (SSSR count). The van der Waals surface area contributed by atoms with E-state index in [2.05, 4.69) is 10.1 Å². The topological polar surface area (TPSA) is 113 Å². The van der Waals surface area contributed by atoms with Crippen LogP contribution < -0.4 is 15.9 Å². The van der Waals surface area contributed by atoms with Crippen molar-refractivity contribution < 1.29 is 18.7 Å². The number of aryl methyl sites for hydroxylation is 2. The third-order valence-corrected chi connectivity index (χ3v) is 5.36. The highest BCUT2D eigenvalue weighted by Crippen LogP contribution is 2.22. The molecule has 3 aromatic heterocycles. The van der Waals surface area contributed by atoms with Gasteiger partial charge >= 0.3 is 11.6 Å². The van der Waals surface area contributed by atoms with Crippen LogP contribution in [0.4, 0.5) is 0 Å². The molecule has 0 atom stereocenters. The first-order valence-corrected chi connectivity index (χ1v) is 9.96. The number of aromatic nitrogens is 3. The van der Waals surface area contributed by atoms with Gasteiger partial charge in [0.1, 0.15) is 22.9 Å². The van der Waals surface area contributed by atoms with Crippen molar-refractivity contribution in [2.45, 2.75) is 26.9 Å². The highest BCUT2D eigenvalue weighted by molar-refractivity contribution is 7.16. The predicted molar refractivity (Wildman–Crippen MR) is 109 cm³/mol. The molecule has 0 saturated carbocycles. The van der Waals surface area contributed by atoms with Crippen LogP contribution in [0.25, 0.3) is 15.9 Å². The summed E-state index contributed by atoms with van der Waals surface area (Å²) in [7, 11) is 0. The van der Waals surface area contributed by atoms with E-state index in [9.17, 15) is 14.4 Å². The molecule has 0 fully saturated rings. The Morgan fingerprint density at radius 1 is 1.23 bits per heavy atom. The molecular weight excluding hydrogens is 410 g/mol. The molecule has 154 valence electrons. The number of carbonyl (C=O) groups excluding carboxylic acids is 1. The molecule has 3 heterocycles. The average molecular weight is 427 g/mol. The van der Waals surface area contributed by atoms with Gasteiger partial charge in [0.05, 0.1) is 5.69 Å². The Kier molecular flexibility index (Phi) is 5.32. The average Bonchev–Trinajstić information content (AvgIpc) is 3.14. The number of hydrogen-bond donors (Lipinski definition) is 0. The molecule has 30 heavy (non-hydrogen) atoms. The number of fused-ring (bicyclic) bond motifs is 2. The Bertz CT molecular complexity index is 1370. The highest BCUT2D eigenvalue weighted by atomic mass is 32.1. The van der Waals surface area contributed by atoms with Crippen molar-refractivity contribution in [2.24, 2.45) is 0 Å². The molecule has 0 saturated heterocycles. The van der Waals surface area contributed by atoms with Gasteiger partial charge in [0.25, 0.3) is 5.56 Å². The van der Waals surface area contributed by atoms with Crippen LogP contribution in [0.3, 0.4) is 0 Å². The van der Waals surface area contributed by atoms with Gasteiger partial charge in [-0.3, -0.25) is 4.79 Å². The fourth-order valence-corrected chi connectivity index (χ4v) is 3.70. The lowest BCUT2D eigenvalue weighted by Crippen LogP contribution is -2.18. The van der Waals surface area contributed by atoms with Crippen LogP contribution in [0.2, 0.25) is 0 Å². The minimum absolute atomic E-state index is 0.154. The van der Waals surface area contributed by atoms with Gasteiger partial charge in [0.15, 0.2) is 6.61 Å². The van der Waals surface area contributed by atoms with E-state index in [1.54, 1.807) is 18.2 Å². The SMILES string of the molecule is CCc1nn2c(=O)cc(COC(=O)COc3ccc4c(C)cc(=O)oc4c3)nc2s1. The standard InChI is InChI=1S/C20H17N3O6S/c1-3-16-22-23-17(24)7-12(21-20(23)30-16)9-28-19(26)10-27-13-4-5-14-11(2)6-18(25)29-15(14)8-13/h4-8H,3,9-10H2,1-2H3. The third kappa shape index (κ3) is 4.08. The van der Waals surface area contributed by atoms with E-state index in [-0.39, 0.29) is 18.8 Å². The molecular formula is C20H17N3O6S. The van der Waals surface area contributed by atoms with Crippen LogP contribution in [0.1, 0.15) is 23.2 Å². The van der Waals surface area contributed by atoms with Gasteiger partial charge in [-0.2, -0.15) is 9.61 Å². The Morgan fingerprint density at radius 2 is 2.07 bits per heavy atom. The van der Waals surface area contributed by atoms with E-state index >= 15 is 0 Å². The van der Waals surface area contributed by atoms with Crippen molar-refractivity contribution in [3.05, 3.63) is 67.4 Å². The number of rotatable bonds is 6. The second kappa shape index (κ2) is 8.07. The van der Waals surface area contributed by atoms with E-state index in [1.165, 1.54) is 28.0 Å². The Labute approximate surface area is 173 Å². The second-order valence-corrected chi connectivity index (χ2v) is 7.53. The van der Waals surface area contributed by atoms with Crippen molar-refractivity contribution in [1.29, 1.82) is 0 Å². The lowest BCUT2D eigenvalue weighted by molar-refractivity contribution is -0.147. The van der Waals surface area contributed by atoms with Crippen molar-refractivity contribution in [3.63, 3.8) is 0 Å². The van der Waals surface area contributed by atoms with E-state index in [4.69, 9.17) is 13.9 Å². The van der Waals surface area contributed by atoms with Crippen LogP contribution in [0.15, 0.2) is 44.3 Å². The molecule has 0 aliphatic heterocycles. The van der Waals surface area contributed by atoms with Crippen molar-refractivity contribution in [2.75, 3.05) is 6.61 Å². The molecule has 9 nitrogen and oxygen atoms in total. The molecule has 4 aromatic rings. The zero-order valence-corrected chi connectivity index (χ0v) is 17.0. The quantitative estimate of drug-likeness (QED) is 0.340. The minimum atomic E-state index is -0.624. The fourth-order valence-electron chi connectivity index (χ4n) is 2.85. The maximum atomic E-state index is 12.1. The fraction of sp³-hybridized carbons (Fsp3) is 0.250. The Morgan fingerprint density at radius 3 is 2.87 bits per heavy atom. The molecule has 0 unspecified atom stereocenters. The van der Waals surface area contributed by atoms with Crippen LogP contribution in [-0.2, 0) is 22.6 Å². The third-order valence-electron chi connectivity index (χ3n) is 4.30. The first-order chi connectivity index (χ1) is 14.4. The smallest absolute Gasteiger partial charge is 0.344 e. The molecule has 0 bridgehead atoms. The van der Waals surface area contributed by atoms with Crippen LogP contribution in [-0.4, -0.2) is 27.2 Å². The highest BCUT2D eigenvalue weighted by Gasteiger charge is 2.11. The molecule has 0 aliphatic rings. The second-order valence-electron chi connectivity index (χ2n) is 6.49. The normalized spacial score (nSPS) is 11.1. The Balaban J connectivity index is 1.39. The summed E-state index contributed by atoms with van der Waals surface area (Å²) in [6, 6.07) is 7.66. The summed E-state index contributed by atoms with van der Waals surface area (Å²) in [6.07, 6.45) is 0.701. The monoisotopic (exact) mass is 427 g/mol. The van der Waals surface area contributed by atoms with Crippen LogP contribution >= 0.6 is 11.3 Å². The molecule has 0 spiro atoms. The van der Waals surface area contributed by atoms with Crippen molar-refractivity contribution in [1.82, 2.24) is 14.6 Å². The number of nitrogens with zero attached hydrogens (tertiary/aromatic N) is 3. The van der Waals surface area contributed by atoms with Crippen molar-refractivity contribution >= 4 is 33.2 Å². The van der Waals surface area contributed by atoms with Crippen LogP contribution in [0, 0.1) is 6.92 Å². The lowest BCUT2D eigenvalue weighted by atomic mass is 10.1. The van der Waals surface area contributed by atoms with Gasteiger partial charge in [0, 0.05) is 23.6 Å². The maximum Gasteiger partial charge on any atom is 0.344 e. The first-order valence-electron chi connectivity index (χ1n) is 9.14. The maximum absolute atomic E-state index is 12.1. The molecule has 0 amide bonds. The van der Waals surface area contributed by atoms with Gasteiger partial charge in [-0.15, -0.1) is 0 Å². The zero-order chi connectivity index (χ0) is 21.3. The molecule has 0 N–H and O–H groups in total. The summed E-state index contributed by atoms with van der Waals surface area (Å²) >= 11 is 1.31. The van der Waals surface area contributed by atoms with Gasteiger partial charge in [-0.1, -0.05) is 18.3 Å². The molecule has 0 radical (unpaired) electrons. The first kappa shape index (κ1) is 19.8. The number of benzene rings is 1. The number of hydrogen-bond acceptors (Lipinski definition) is 9. The summed E-state index contributed by atoms with van der Waals surface area (Å²) in [6.45, 7) is 3.25. The number of ether oxygens (including phenoxy) is 2. The number of carbonyl (C=O) groups is 1. The number of esters is 1. The summed E-state index contributed by atoms with van der Waals surface area (Å²) in [4.78, 5) is 40.4. The lowest BCUT2D eigenvalue weighted by Gasteiger charge is -2.08. The van der Waals surface area contributed by atoms with Crippen molar-refractivity contribution in [3.8, 4) is 5.75 Å². The summed E-state index contributed by atoms with van der Waals surface area (Å²) < 4.78 is 17.0.